The number of fused-ring (bicyclic) bond motifs is 5. The average molecular weight is 811 g/mol. The zero-order chi connectivity index (χ0) is 34.0. The van der Waals surface area contributed by atoms with Crippen molar-refractivity contribution in [2.24, 2.45) is 22.7 Å². The number of rotatable bonds is 6. The second-order valence-corrected chi connectivity index (χ2v) is 15.4. The van der Waals surface area contributed by atoms with Gasteiger partial charge in [-0.15, -0.1) is 34.9 Å². The van der Waals surface area contributed by atoms with Crippen LogP contribution in [0.15, 0.2) is 78.7 Å². The van der Waals surface area contributed by atoms with Crippen molar-refractivity contribution >= 4 is 38.1 Å². The van der Waals surface area contributed by atoms with E-state index in [2.05, 4.69) is 70.2 Å². The summed E-state index contributed by atoms with van der Waals surface area (Å²) in [7, 11) is 0. The van der Waals surface area contributed by atoms with Crippen LogP contribution >= 0.6 is 0 Å². The first-order valence-electron chi connectivity index (χ1n) is 16.3. The minimum absolute atomic E-state index is 0. The van der Waals surface area contributed by atoms with E-state index in [0.717, 1.165) is 56.4 Å². The van der Waals surface area contributed by atoms with Crippen molar-refractivity contribution in [3.8, 4) is 11.3 Å². The summed E-state index contributed by atoms with van der Waals surface area (Å²) in [6.45, 7) is 20.1. The van der Waals surface area contributed by atoms with Gasteiger partial charge in [0.15, 0.2) is 5.78 Å². The molecule has 251 valence electrons. The molecule has 0 spiro atoms. The van der Waals surface area contributed by atoms with Crippen molar-refractivity contribution in [1.29, 1.82) is 0 Å². The van der Waals surface area contributed by atoms with E-state index in [1.165, 1.54) is 23.3 Å². The second-order valence-electron chi connectivity index (χ2n) is 15.4. The van der Waals surface area contributed by atoms with E-state index in [1.54, 1.807) is 6.07 Å². The number of halogens is 1. The molecule has 0 bridgehead atoms. The Hall–Kier alpha value is -3.40. The summed E-state index contributed by atoms with van der Waals surface area (Å²) in [5, 5.41) is 16.1. The minimum Gasteiger partial charge on any atom is -0.512 e. The van der Waals surface area contributed by atoms with Crippen molar-refractivity contribution in [2.45, 2.75) is 82.1 Å². The minimum atomic E-state index is -0.417. The summed E-state index contributed by atoms with van der Waals surface area (Å²) in [5.41, 5.74) is 3.88. The van der Waals surface area contributed by atoms with E-state index in [9.17, 15) is 14.3 Å². The van der Waals surface area contributed by atoms with Crippen LogP contribution in [0.3, 0.4) is 0 Å². The van der Waals surface area contributed by atoms with Crippen LogP contribution in [-0.2, 0) is 37.7 Å². The van der Waals surface area contributed by atoms with Crippen molar-refractivity contribution < 1.29 is 34.4 Å². The van der Waals surface area contributed by atoms with Gasteiger partial charge in [-0.25, -0.2) is 4.39 Å². The summed E-state index contributed by atoms with van der Waals surface area (Å²) >= 11 is 0. The molecule has 0 fully saturated rings. The number of carbonyl (C=O) groups excluding carboxylic acids is 1. The third kappa shape index (κ3) is 9.58. The molecule has 0 aliphatic heterocycles. The van der Waals surface area contributed by atoms with E-state index in [4.69, 9.17) is 4.98 Å². The SMILES string of the molecule is CC(C)(C)C(=O)/C=C(\O)C(C)(C)C.CC(C)Cc1[c-]c(-c2nccc3c2ccc2c4ccc(F)cc4ccc32)cc(CC(C)C)c1.[Ir]. The van der Waals surface area contributed by atoms with E-state index < -0.39 is 5.41 Å². The van der Waals surface area contributed by atoms with Gasteiger partial charge in [0, 0.05) is 43.2 Å². The van der Waals surface area contributed by atoms with Gasteiger partial charge in [0.1, 0.15) is 11.6 Å². The number of benzene rings is 4. The van der Waals surface area contributed by atoms with Crippen LogP contribution in [0.1, 0.15) is 80.4 Å². The number of hydrogen-bond acceptors (Lipinski definition) is 3. The Morgan fingerprint density at radius 3 is 1.98 bits per heavy atom. The van der Waals surface area contributed by atoms with Gasteiger partial charge in [-0.3, -0.25) is 4.79 Å². The molecule has 1 N–H and O–H groups in total. The first-order valence-corrected chi connectivity index (χ1v) is 16.3. The third-order valence-corrected chi connectivity index (χ3v) is 8.01. The molecule has 0 saturated carbocycles. The number of carbonyl (C=O) groups is 1. The van der Waals surface area contributed by atoms with Crippen molar-refractivity contribution in [1.82, 2.24) is 4.98 Å². The smallest absolute Gasteiger partial charge is 0.164 e. The maximum absolute atomic E-state index is 13.7. The van der Waals surface area contributed by atoms with Crippen LogP contribution in [0.2, 0.25) is 0 Å². The van der Waals surface area contributed by atoms with Gasteiger partial charge in [0.25, 0.3) is 0 Å². The van der Waals surface area contributed by atoms with Gasteiger partial charge in [0.05, 0.1) is 0 Å². The predicted molar refractivity (Wildman–Crippen MR) is 193 cm³/mol. The van der Waals surface area contributed by atoms with Gasteiger partial charge in [0.2, 0.25) is 0 Å². The number of aliphatic hydroxyl groups is 1. The molecule has 5 aromatic rings. The molecule has 0 amide bonds. The molecule has 0 aliphatic rings. The molecule has 0 unspecified atom stereocenters. The van der Waals surface area contributed by atoms with E-state index in [-0.39, 0.29) is 42.9 Å². The van der Waals surface area contributed by atoms with Crippen LogP contribution in [0.25, 0.3) is 43.6 Å². The van der Waals surface area contributed by atoms with Crippen molar-refractivity contribution in [2.75, 3.05) is 0 Å². The largest absolute Gasteiger partial charge is 0.512 e. The molecular formula is C42H49FIrNO2-. The molecule has 1 radical (unpaired) electrons. The van der Waals surface area contributed by atoms with Crippen LogP contribution < -0.4 is 0 Å². The summed E-state index contributed by atoms with van der Waals surface area (Å²) in [6, 6.07) is 23.8. The number of nitrogens with zero attached hydrogens (tertiary/aromatic N) is 1. The molecular weight excluding hydrogens is 762 g/mol. The average Bonchev–Trinajstić information content (AvgIpc) is 2.94. The Balaban J connectivity index is 0.000000367. The Morgan fingerprint density at radius 1 is 0.787 bits per heavy atom. The molecule has 0 atom stereocenters. The van der Waals surface area contributed by atoms with Crippen molar-refractivity contribution in [3.63, 3.8) is 0 Å². The summed E-state index contributed by atoms with van der Waals surface area (Å²) in [5.74, 6) is 1.07. The maximum atomic E-state index is 13.7. The number of aromatic nitrogens is 1. The topological polar surface area (TPSA) is 50.2 Å². The van der Waals surface area contributed by atoms with E-state index in [1.807, 2.05) is 59.9 Å². The van der Waals surface area contributed by atoms with Gasteiger partial charge in [-0.2, -0.15) is 0 Å². The monoisotopic (exact) mass is 811 g/mol. The number of hydrogen-bond donors (Lipinski definition) is 1. The molecule has 0 aliphatic carbocycles. The van der Waals surface area contributed by atoms with Crippen LogP contribution in [0, 0.1) is 34.5 Å². The second kappa shape index (κ2) is 15.2. The first kappa shape index (κ1) is 38.1. The zero-order valence-corrected chi connectivity index (χ0v) is 31.9. The van der Waals surface area contributed by atoms with E-state index in [0.29, 0.717) is 11.8 Å². The molecule has 1 aromatic heterocycles. The molecule has 3 nitrogen and oxygen atoms in total. The van der Waals surface area contributed by atoms with Crippen LogP contribution in [-0.4, -0.2) is 15.9 Å². The fourth-order valence-electron chi connectivity index (χ4n) is 5.52. The zero-order valence-electron chi connectivity index (χ0n) is 29.5. The third-order valence-electron chi connectivity index (χ3n) is 8.01. The summed E-state index contributed by atoms with van der Waals surface area (Å²) < 4.78 is 13.7. The molecule has 1 heterocycles. The summed E-state index contributed by atoms with van der Waals surface area (Å²) in [4.78, 5) is 16.3. The Bertz CT molecular complexity index is 1880. The van der Waals surface area contributed by atoms with Gasteiger partial charge in [-0.1, -0.05) is 99.6 Å². The molecule has 4 aromatic carbocycles. The Kier molecular flexibility index (Phi) is 12.3. The van der Waals surface area contributed by atoms with Gasteiger partial charge in [-0.05, 0) is 80.9 Å². The van der Waals surface area contributed by atoms with Gasteiger partial charge < -0.3 is 10.1 Å². The standard InChI is InChI=1S/C31H29FN.C11H20O2.Ir/c1-19(2)13-21-15-22(14-20(3)4)17-24(16-21)31-30-10-9-27-26-8-6-25(32)18-23(26)5-7-28(27)29(30)11-12-33-31;1-10(2,3)8(12)7-9(13)11(4,5)6;/h5-12,15-16,18-20H,13-14H2,1-4H3;7,12H,1-6H3;/q-1;;/b;8-7-;. The number of pyridine rings is 1. The van der Waals surface area contributed by atoms with Crippen molar-refractivity contribution in [3.05, 3.63) is 102 Å². The number of allylic oxidation sites excluding steroid dienone is 2. The predicted octanol–water partition coefficient (Wildman–Crippen LogP) is 11.6. The number of aliphatic hydroxyl groups excluding tert-OH is 1. The van der Waals surface area contributed by atoms with E-state index >= 15 is 0 Å². The fourth-order valence-corrected chi connectivity index (χ4v) is 5.52. The van der Waals surface area contributed by atoms with Gasteiger partial charge >= 0.3 is 0 Å². The molecule has 5 rings (SSSR count). The van der Waals surface area contributed by atoms with Crippen LogP contribution in [0.4, 0.5) is 4.39 Å². The maximum Gasteiger partial charge on any atom is 0.164 e. The quantitative estimate of drug-likeness (QED) is 0.0804. The van der Waals surface area contributed by atoms with Crippen LogP contribution in [0.5, 0.6) is 0 Å². The molecule has 0 saturated heterocycles. The fraction of sp³-hybridized carbons (Fsp3) is 0.381. The number of ketones is 1. The normalized spacial score (nSPS) is 12.4. The Morgan fingerprint density at radius 2 is 1.36 bits per heavy atom. The first-order chi connectivity index (χ1) is 21.4. The summed E-state index contributed by atoms with van der Waals surface area (Å²) in [6.07, 6.45) is 5.29. The molecule has 5 heteroatoms. The Labute approximate surface area is 294 Å². The molecule has 47 heavy (non-hydrogen) atoms.